The van der Waals surface area contributed by atoms with Crippen LogP contribution in [0.2, 0.25) is 5.02 Å². The lowest BCUT2D eigenvalue weighted by Gasteiger charge is -2.63. The zero-order valence-electron chi connectivity index (χ0n) is 17.3. The molecule has 30 heavy (non-hydrogen) atoms. The lowest BCUT2D eigenvalue weighted by Crippen LogP contribution is -2.74. The fourth-order valence-electron chi connectivity index (χ4n) is 4.90. The lowest BCUT2D eigenvalue weighted by molar-refractivity contribution is -0.164. The summed E-state index contributed by atoms with van der Waals surface area (Å²) < 4.78 is 8.05. The largest absolute Gasteiger partial charge is 0.489 e. The maximum atomic E-state index is 13.0. The van der Waals surface area contributed by atoms with Gasteiger partial charge in [0.25, 0.3) is 5.91 Å². The number of rotatable bonds is 4. The third kappa shape index (κ3) is 3.10. The normalized spacial score (nSPS) is 21.5. The second-order valence-electron chi connectivity index (χ2n) is 8.88. The van der Waals surface area contributed by atoms with Crippen LogP contribution >= 0.6 is 11.6 Å². The fourth-order valence-corrected chi connectivity index (χ4v) is 5.12. The predicted octanol–water partition coefficient (Wildman–Crippen LogP) is 4.47. The highest BCUT2D eigenvalue weighted by molar-refractivity contribution is 6.31. The van der Waals surface area contributed by atoms with Gasteiger partial charge in [-0.3, -0.25) is 9.20 Å². The number of carbonyl (C=O) groups is 1. The molecule has 0 spiro atoms. The van der Waals surface area contributed by atoms with Gasteiger partial charge in [-0.25, -0.2) is 4.98 Å². The Morgan fingerprint density at radius 2 is 1.97 bits per heavy atom. The van der Waals surface area contributed by atoms with Gasteiger partial charge in [-0.15, -0.1) is 0 Å². The van der Waals surface area contributed by atoms with Crippen LogP contribution in [0.3, 0.4) is 0 Å². The molecule has 0 saturated heterocycles. The van der Waals surface area contributed by atoms with E-state index < -0.39 is 0 Å². The second kappa shape index (κ2) is 7.03. The van der Waals surface area contributed by atoms with Gasteiger partial charge in [-0.2, -0.15) is 5.26 Å². The van der Waals surface area contributed by atoms with E-state index in [1.54, 1.807) is 28.8 Å². The molecule has 4 rings (SSSR count). The SMILES string of the molecule is CC1(C)C(NC(=O)c2ncc3ccccn23)C(C)(C)C1Oc1ccc(C#N)c(Cl)c1. The summed E-state index contributed by atoms with van der Waals surface area (Å²) in [5, 5.41) is 12.6. The van der Waals surface area contributed by atoms with E-state index in [4.69, 9.17) is 21.6 Å². The van der Waals surface area contributed by atoms with Crippen LogP contribution in [0.5, 0.6) is 5.75 Å². The molecule has 0 radical (unpaired) electrons. The molecule has 2 aromatic heterocycles. The number of halogens is 1. The van der Waals surface area contributed by atoms with E-state index in [1.807, 2.05) is 30.5 Å². The van der Waals surface area contributed by atoms with Gasteiger partial charge in [0.2, 0.25) is 5.82 Å². The minimum absolute atomic E-state index is 0.118. The van der Waals surface area contributed by atoms with E-state index in [9.17, 15) is 4.79 Å². The molecule has 0 atom stereocenters. The van der Waals surface area contributed by atoms with E-state index in [0.29, 0.717) is 22.2 Å². The first-order valence-corrected chi connectivity index (χ1v) is 10.1. The smallest absolute Gasteiger partial charge is 0.287 e. The van der Waals surface area contributed by atoms with Crippen molar-refractivity contribution in [2.75, 3.05) is 0 Å². The first-order valence-electron chi connectivity index (χ1n) is 9.75. The minimum Gasteiger partial charge on any atom is -0.489 e. The number of pyridine rings is 1. The lowest BCUT2D eigenvalue weighted by atomic mass is 9.49. The van der Waals surface area contributed by atoms with Gasteiger partial charge in [0.05, 0.1) is 22.3 Å². The standard InChI is InChI=1S/C23H23ClN4O2/c1-22(2)20(27-19(29)18-26-13-15-7-5-6-10-28(15)18)23(3,4)21(22)30-16-9-8-14(12-25)17(24)11-16/h5-11,13,20-21H,1-4H3,(H,27,29). The molecule has 1 N–H and O–H groups in total. The molecule has 2 heterocycles. The monoisotopic (exact) mass is 422 g/mol. The maximum absolute atomic E-state index is 13.0. The first-order chi connectivity index (χ1) is 14.2. The van der Waals surface area contributed by atoms with E-state index in [2.05, 4.69) is 38.0 Å². The molecule has 0 aliphatic heterocycles. The summed E-state index contributed by atoms with van der Waals surface area (Å²) in [5.74, 6) is 0.752. The summed E-state index contributed by atoms with van der Waals surface area (Å²) in [6, 6.07) is 12.7. The molecule has 1 fully saturated rings. The zero-order chi connectivity index (χ0) is 21.7. The Balaban J connectivity index is 1.54. The molecular formula is C23H23ClN4O2. The minimum atomic E-state index is -0.327. The number of carbonyl (C=O) groups excluding carboxylic acids is 1. The van der Waals surface area contributed by atoms with Crippen LogP contribution in [0.1, 0.15) is 43.9 Å². The van der Waals surface area contributed by atoms with Crippen molar-refractivity contribution >= 4 is 23.0 Å². The van der Waals surface area contributed by atoms with Gasteiger partial charge in [0.15, 0.2) is 0 Å². The summed E-state index contributed by atoms with van der Waals surface area (Å²) in [7, 11) is 0. The van der Waals surface area contributed by atoms with E-state index in [-0.39, 0.29) is 28.9 Å². The average Bonchev–Trinajstić information content (AvgIpc) is 3.14. The fraction of sp³-hybridized carbons (Fsp3) is 0.348. The Labute approximate surface area is 180 Å². The number of hydrogen-bond donors (Lipinski definition) is 1. The highest BCUT2D eigenvalue weighted by Gasteiger charge is 2.64. The molecule has 1 aliphatic rings. The third-order valence-corrected chi connectivity index (χ3v) is 6.38. The topological polar surface area (TPSA) is 79.4 Å². The molecule has 6 nitrogen and oxygen atoms in total. The van der Waals surface area contributed by atoms with Gasteiger partial charge in [-0.1, -0.05) is 45.4 Å². The van der Waals surface area contributed by atoms with Crippen molar-refractivity contribution in [1.82, 2.24) is 14.7 Å². The van der Waals surface area contributed by atoms with Crippen molar-refractivity contribution in [1.29, 1.82) is 5.26 Å². The summed E-state index contributed by atoms with van der Waals surface area (Å²) in [6.07, 6.45) is 3.36. The van der Waals surface area contributed by atoms with Crippen LogP contribution in [0, 0.1) is 22.2 Å². The van der Waals surface area contributed by atoms with Crippen LogP contribution in [0.4, 0.5) is 0 Å². The number of ether oxygens (including phenoxy) is 1. The van der Waals surface area contributed by atoms with Gasteiger partial charge < -0.3 is 10.1 Å². The quantitative estimate of drug-likeness (QED) is 0.672. The van der Waals surface area contributed by atoms with Crippen LogP contribution < -0.4 is 10.1 Å². The maximum Gasteiger partial charge on any atom is 0.287 e. The van der Waals surface area contributed by atoms with Crippen molar-refractivity contribution in [3.8, 4) is 11.8 Å². The third-order valence-electron chi connectivity index (χ3n) is 6.07. The van der Waals surface area contributed by atoms with E-state index >= 15 is 0 Å². The van der Waals surface area contributed by atoms with Gasteiger partial charge in [0.1, 0.15) is 17.9 Å². The molecule has 1 saturated carbocycles. The van der Waals surface area contributed by atoms with Crippen molar-refractivity contribution in [3.63, 3.8) is 0 Å². The summed E-state index contributed by atoms with van der Waals surface area (Å²) >= 11 is 6.15. The molecular weight excluding hydrogens is 400 g/mol. The number of nitriles is 1. The summed E-state index contributed by atoms with van der Waals surface area (Å²) in [5.41, 5.74) is 0.626. The van der Waals surface area contributed by atoms with Gasteiger partial charge >= 0.3 is 0 Å². The Bertz CT molecular complexity index is 1160. The molecule has 7 heteroatoms. The van der Waals surface area contributed by atoms with Crippen molar-refractivity contribution in [3.05, 3.63) is 65.2 Å². The number of aromatic nitrogens is 2. The molecule has 1 aliphatic carbocycles. The number of amides is 1. The van der Waals surface area contributed by atoms with Crippen molar-refractivity contribution in [2.45, 2.75) is 39.8 Å². The summed E-state index contributed by atoms with van der Waals surface area (Å²) in [6.45, 7) is 8.29. The highest BCUT2D eigenvalue weighted by Crippen LogP contribution is 2.55. The van der Waals surface area contributed by atoms with Crippen LogP contribution in [-0.4, -0.2) is 27.4 Å². The summed E-state index contributed by atoms with van der Waals surface area (Å²) in [4.78, 5) is 17.3. The average molecular weight is 423 g/mol. The van der Waals surface area contributed by atoms with Gasteiger partial charge in [0, 0.05) is 29.1 Å². The Kier molecular flexibility index (Phi) is 4.74. The molecule has 1 amide bonds. The zero-order valence-corrected chi connectivity index (χ0v) is 18.1. The Morgan fingerprint density at radius 1 is 1.23 bits per heavy atom. The predicted molar refractivity (Wildman–Crippen MR) is 115 cm³/mol. The number of fused-ring (bicyclic) bond motifs is 1. The highest BCUT2D eigenvalue weighted by atomic mass is 35.5. The van der Waals surface area contributed by atoms with Crippen LogP contribution in [0.15, 0.2) is 48.8 Å². The Morgan fingerprint density at radius 3 is 2.63 bits per heavy atom. The first kappa shape index (κ1) is 20.2. The Hall–Kier alpha value is -3.04. The van der Waals surface area contributed by atoms with Gasteiger partial charge in [-0.05, 0) is 24.3 Å². The van der Waals surface area contributed by atoms with E-state index in [1.165, 1.54) is 0 Å². The van der Waals surface area contributed by atoms with Crippen molar-refractivity contribution < 1.29 is 9.53 Å². The molecule has 0 unspecified atom stereocenters. The molecule has 1 aromatic carbocycles. The van der Waals surface area contributed by atoms with Crippen molar-refractivity contribution in [2.24, 2.45) is 10.8 Å². The number of benzene rings is 1. The number of nitrogens with one attached hydrogen (secondary N) is 1. The number of nitrogens with zero attached hydrogens (tertiary/aromatic N) is 3. The molecule has 3 aromatic rings. The molecule has 154 valence electrons. The van der Waals surface area contributed by atoms with E-state index in [0.717, 1.165) is 5.52 Å². The van der Waals surface area contributed by atoms with Crippen LogP contribution in [-0.2, 0) is 0 Å². The second-order valence-corrected chi connectivity index (χ2v) is 9.29. The van der Waals surface area contributed by atoms with Crippen LogP contribution in [0.25, 0.3) is 5.52 Å². The number of imidazole rings is 1. The molecule has 0 bridgehead atoms. The number of hydrogen-bond acceptors (Lipinski definition) is 4.